The van der Waals surface area contributed by atoms with Crippen molar-refractivity contribution in [2.75, 3.05) is 6.54 Å². The molecule has 1 aromatic heterocycles. The van der Waals surface area contributed by atoms with Crippen LogP contribution in [0, 0.1) is 5.41 Å². The van der Waals surface area contributed by atoms with Crippen LogP contribution < -0.4 is 5.73 Å². The van der Waals surface area contributed by atoms with E-state index in [0.717, 1.165) is 18.5 Å². The summed E-state index contributed by atoms with van der Waals surface area (Å²) < 4.78 is 0. The van der Waals surface area contributed by atoms with Crippen LogP contribution in [0.5, 0.6) is 0 Å². The van der Waals surface area contributed by atoms with Gasteiger partial charge in [0.1, 0.15) is 5.15 Å². The maximum absolute atomic E-state index is 6.06. The van der Waals surface area contributed by atoms with E-state index in [9.17, 15) is 0 Å². The van der Waals surface area contributed by atoms with E-state index in [1.165, 1.54) is 12.8 Å². The van der Waals surface area contributed by atoms with Gasteiger partial charge < -0.3 is 5.73 Å². The quantitative estimate of drug-likeness (QED) is 0.812. The molecule has 2 rings (SSSR count). The number of pyridine rings is 1. The predicted octanol–water partition coefficient (Wildman–Crippen LogP) is 2.67. The van der Waals surface area contributed by atoms with Crippen molar-refractivity contribution in [1.29, 1.82) is 0 Å². The monoisotopic (exact) mass is 230 g/mol. The maximum Gasteiger partial charge on any atom is 0.130 e. The van der Waals surface area contributed by atoms with E-state index in [1.54, 1.807) is 12.3 Å². The first kappa shape index (κ1) is 10.2. The number of rotatable bonds is 3. The Morgan fingerprint density at radius 1 is 1.43 bits per heavy atom. The number of halogens is 2. The number of nitrogens with zero attached hydrogens (tertiary/aromatic N) is 1. The van der Waals surface area contributed by atoms with Crippen molar-refractivity contribution >= 4 is 23.2 Å². The molecule has 0 unspecified atom stereocenters. The Kier molecular flexibility index (Phi) is 2.69. The highest BCUT2D eigenvalue weighted by Gasteiger charge is 2.41. The zero-order chi connectivity index (χ0) is 10.2. The number of hydrogen-bond donors (Lipinski definition) is 1. The van der Waals surface area contributed by atoms with E-state index < -0.39 is 0 Å². The van der Waals surface area contributed by atoms with Gasteiger partial charge in [-0.1, -0.05) is 23.2 Å². The van der Waals surface area contributed by atoms with Gasteiger partial charge in [-0.3, -0.25) is 0 Å². The average Bonchev–Trinajstić information content (AvgIpc) is 2.91. The molecule has 0 aromatic carbocycles. The summed E-state index contributed by atoms with van der Waals surface area (Å²) in [6.45, 7) is 0.728. The molecule has 0 spiro atoms. The molecule has 2 N–H and O–H groups in total. The van der Waals surface area contributed by atoms with Gasteiger partial charge in [0.2, 0.25) is 0 Å². The zero-order valence-corrected chi connectivity index (χ0v) is 9.28. The molecule has 0 bridgehead atoms. The summed E-state index contributed by atoms with van der Waals surface area (Å²) in [7, 11) is 0. The van der Waals surface area contributed by atoms with E-state index in [1.807, 2.05) is 0 Å². The van der Waals surface area contributed by atoms with Gasteiger partial charge in [0.15, 0.2) is 0 Å². The van der Waals surface area contributed by atoms with Crippen LogP contribution in [0.4, 0.5) is 0 Å². The molecule has 1 fully saturated rings. The molecule has 1 aliphatic rings. The van der Waals surface area contributed by atoms with Gasteiger partial charge in [0.05, 0.1) is 0 Å². The summed E-state index contributed by atoms with van der Waals surface area (Å²) in [6.07, 6.45) is 5.07. The van der Waals surface area contributed by atoms with Crippen LogP contribution in [0.3, 0.4) is 0 Å². The second-order valence-corrected chi connectivity index (χ2v) is 4.77. The maximum atomic E-state index is 6.06. The lowest BCUT2D eigenvalue weighted by atomic mass is 9.98. The molecular formula is C10H12Cl2N2. The van der Waals surface area contributed by atoms with E-state index in [0.29, 0.717) is 15.6 Å². The zero-order valence-electron chi connectivity index (χ0n) is 7.76. The molecule has 76 valence electrons. The molecule has 0 radical (unpaired) electrons. The molecule has 2 nitrogen and oxygen atoms in total. The predicted molar refractivity (Wildman–Crippen MR) is 58.7 cm³/mol. The smallest absolute Gasteiger partial charge is 0.130 e. The first-order chi connectivity index (χ1) is 6.65. The van der Waals surface area contributed by atoms with Crippen molar-refractivity contribution in [1.82, 2.24) is 4.98 Å². The molecule has 0 saturated heterocycles. The number of nitrogens with two attached hydrogens (primary N) is 1. The fourth-order valence-corrected chi connectivity index (χ4v) is 2.03. The Morgan fingerprint density at radius 3 is 2.64 bits per heavy atom. The third-order valence-corrected chi connectivity index (χ3v) is 3.41. The topological polar surface area (TPSA) is 38.9 Å². The molecule has 0 amide bonds. The highest BCUT2D eigenvalue weighted by atomic mass is 35.5. The summed E-state index contributed by atoms with van der Waals surface area (Å²) in [5, 5.41) is 1.14. The van der Waals surface area contributed by atoms with Crippen LogP contribution in [0.25, 0.3) is 0 Å². The molecule has 0 atom stereocenters. The summed E-state index contributed by atoms with van der Waals surface area (Å²) in [6, 6.07) is 1.69. The van der Waals surface area contributed by atoms with E-state index in [4.69, 9.17) is 28.9 Å². The van der Waals surface area contributed by atoms with E-state index >= 15 is 0 Å². The average molecular weight is 231 g/mol. The van der Waals surface area contributed by atoms with Crippen molar-refractivity contribution in [2.45, 2.75) is 19.3 Å². The third kappa shape index (κ3) is 2.02. The van der Waals surface area contributed by atoms with Crippen LogP contribution in [0.2, 0.25) is 10.2 Å². The Balaban J connectivity index is 2.17. The highest BCUT2D eigenvalue weighted by molar-refractivity contribution is 6.34. The van der Waals surface area contributed by atoms with E-state index in [2.05, 4.69) is 4.98 Å². The van der Waals surface area contributed by atoms with Crippen LogP contribution >= 0.6 is 23.2 Å². The lowest BCUT2D eigenvalue weighted by Gasteiger charge is -2.12. The number of aromatic nitrogens is 1. The Morgan fingerprint density at radius 2 is 2.14 bits per heavy atom. The molecule has 1 heterocycles. The van der Waals surface area contributed by atoms with Gasteiger partial charge in [0.25, 0.3) is 0 Å². The molecule has 14 heavy (non-hydrogen) atoms. The van der Waals surface area contributed by atoms with Crippen LogP contribution in [0.1, 0.15) is 18.4 Å². The standard InChI is InChI=1S/C10H12Cl2N2/c11-8-3-9(12)14-5-7(8)4-10(6-13)1-2-10/h3,5H,1-2,4,6,13H2. The van der Waals surface area contributed by atoms with Gasteiger partial charge in [0, 0.05) is 11.2 Å². The van der Waals surface area contributed by atoms with Crippen LogP contribution in [-0.4, -0.2) is 11.5 Å². The van der Waals surface area contributed by atoms with E-state index in [-0.39, 0.29) is 0 Å². The summed E-state index contributed by atoms with van der Waals surface area (Å²) in [4.78, 5) is 4.03. The fraction of sp³-hybridized carbons (Fsp3) is 0.500. The molecule has 4 heteroatoms. The van der Waals surface area contributed by atoms with Crippen molar-refractivity contribution in [3.05, 3.63) is 28.0 Å². The van der Waals surface area contributed by atoms with Gasteiger partial charge in [-0.25, -0.2) is 4.98 Å². The summed E-state index contributed by atoms with van der Waals surface area (Å²) in [5.41, 5.74) is 7.05. The SMILES string of the molecule is NCC1(Cc2cnc(Cl)cc2Cl)CC1. The molecular weight excluding hydrogens is 219 g/mol. The molecule has 0 aliphatic heterocycles. The van der Waals surface area contributed by atoms with Crippen LogP contribution in [0.15, 0.2) is 12.3 Å². The summed E-state index contributed by atoms with van der Waals surface area (Å²) >= 11 is 11.8. The molecule has 1 saturated carbocycles. The minimum atomic E-state index is 0.291. The van der Waals surface area contributed by atoms with Gasteiger partial charge in [-0.05, 0) is 42.9 Å². The summed E-state index contributed by atoms with van der Waals surface area (Å²) in [5.74, 6) is 0. The third-order valence-electron chi connectivity index (χ3n) is 2.85. The fourth-order valence-electron chi connectivity index (χ4n) is 1.60. The molecule has 1 aliphatic carbocycles. The van der Waals surface area contributed by atoms with Crippen molar-refractivity contribution in [3.63, 3.8) is 0 Å². The van der Waals surface area contributed by atoms with Crippen molar-refractivity contribution in [3.8, 4) is 0 Å². The lowest BCUT2D eigenvalue weighted by Crippen LogP contribution is -2.18. The second-order valence-electron chi connectivity index (χ2n) is 3.98. The minimum absolute atomic E-state index is 0.291. The normalized spacial score (nSPS) is 18.2. The van der Waals surface area contributed by atoms with Gasteiger partial charge >= 0.3 is 0 Å². The Labute approximate surface area is 93.4 Å². The molecule has 1 aromatic rings. The van der Waals surface area contributed by atoms with Gasteiger partial charge in [-0.2, -0.15) is 0 Å². The Bertz CT molecular complexity index is 348. The number of hydrogen-bond acceptors (Lipinski definition) is 2. The first-order valence-electron chi connectivity index (χ1n) is 4.65. The minimum Gasteiger partial charge on any atom is -0.330 e. The Hall–Kier alpha value is -0.310. The largest absolute Gasteiger partial charge is 0.330 e. The van der Waals surface area contributed by atoms with Gasteiger partial charge in [-0.15, -0.1) is 0 Å². The van der Waals surface area contributed by atoms with Crippen molar-refractivity contribution < 1.29 is 0 Å². The first-order valence-corrected chi connectivity index (χ1v) is 5.41. The highest BCUT2D eigenvalue weighted by Crippen LogP contribution is 2.48. The van der Waals surface area contributed by atoms with Crippen molar-refractivity contribution in [2.24, 2.45) is 11.1 Å². The second kappa shape index (κ2) is 3.69. The lowest BCUT2D eigenvalue weighted by molar-refractivity contribution is 0.520. The van der Waals surface area contributed by atoms with Crippen LogP contribution in [-0.2, 0) is 6.42 Å².